The number of anilines is 1. The first kappa shape index (κ1) is 63.8. The number of nitro groups is 2. The van der Waals surface area contributed by atoms with Gasteiger partial charge in [0.25, 0.3) is 11.4 Å². The molecule has 3 aromatic rings. The number of aryl methyl sites for hydroxylation is 2. The summed E-state index contributed by atoms with van der Waals surface area (Å²) in [6, 6.07) is -0.553. The van der Waals surface area contributed by atoms with Crippen LogP contribution in [0.1, 0.15) is 56.3 Å². The van der Waals surface area contributed by atoms with Crippen LogP contribution in [0.4, 0.5) is 26.7 Å². The maximum absolute atomic E-state index is 12.4. The fourth-order valence-electron chi connectivity index (χ4n) is 6.42. The van der Waals surface area contributed by atoms with Crippen LogP contribution in [-0.4, -0.2) is 203 Å². The number of aromatic nitrogens is 5. The largest absolute Gasteiger partial charge is 0.481 e. The van der Waals surface area contributed by atoms with E-state index >= 15 is 0 Å². The monoisotopic (exact) mass is 1100 g/mol. The van der Waals surface area contributed by atoms with Gasteiger partial charge in [0, 0.05) is 51.2 Å². The van der Waals surface area contributed by atoms with Crippen molar-refractivity contribution in [2.24, 2.45) is 0 Å². The molecule has 0 spiro atoms. The Kier molecular flexibility index (Phi) is 31.6. The molecular weight excluding hydrogens is 1030 g/mol. The van der Waals surface area contributed by atoms with Gasteiger partial charge in [-0.1, -0.05) is 5.21 Å². The van der Waals surface area contributed by atoms with Crippen molar-refractivity contribution in [3.8, 4) is 0 Å². The lowest BCUT2D eigenvalue weighted by molar-refractivity contribution is -0.393. The van der Waals surface area contributed by atoms with Gasteiger partial charge in [-0.25, -0.2) is 28.7 Å². The SMILES string of the molecule is O=C(O)CC[C@H](NC(=O)N[C@@H](CCCCNC(=O)CCCOCCOCCOCCOCCOCCOCCOCCOC(=O)n1cnc(CCn2cc(CNc3ccc([N+](=O)[O-])cc3[N+](=O)[O-])nn2)c1)C(=O)O)C(=O)O. The second kappa shape index (κ2) is 38.1. The van der Waals surface area contributed by atoms with Gasteiger partial charge in [-0.05, 0) is 38.2 Å². The van der Waals surface area contributed by atoms with E-state index in [1.165, 1.54) is 23.2 Å². The van der Waals surface area contributed by atoms with Crippen molar-refractivity contribution in [1.82, 2.24) is 40.5 Å². The van der Waals surface area contributed by atoms with Crippen LogP contribution in [0.2, 0.25) is 0 Å². The molecule has 0 saturated heterocycles. The van der Waals surface area contributed by atoms with Crippen LogP contribution in [0, 0.1) is 20.2 Å². The van der Waals surface area contributed by atoms with Crippen LogP contribution in [0.3, 0.4) is 0 Å². The number of aliphatic carboxylic acids is 3. The predicted molar refractivity (Wildman–Crippen MR) is 263 cm³/mol. The Hall–Kier alpha value is -7.49. The average Bonchev–Trinajstić information content (AvgIpc) is 4.08. The van der Waals surface area contributed by atoms with E-state index in [4.69, 9.17) is 48.1 Å². The Labute approximate surface area is 440 Å². The van der Waals surface area contributed by atoms with E-state index in [0.29, 0.717) is 130 Å². The summed E-state index contributed by atoms with van der Waals surface area (Å²) in [5, 5.41) is 67.5. The smallest absolute Gasteiger partial charge is 0.419 e. The number of nitro benzene ring substituents is 2. The zero-order valence-electron chi connectivity index (χ0n) is 42.3. The number of ether oxygens (including phenoxy) is 8. The topological polar surface area (TPSA) is 420 Å². The third kappa shape index (κ3) is 28.8. The third-order valence-corrected chi connectivity index (χ3v) is 10.4. The summed E-state index contributed by atoms with van der Waals surface area (Å²) < 4.78 is 46.2. The molecule has 2 aromatic heterocycles. The molecular formula is C45H67N11O21. The molecule has 0 aliphatic rings. The molecule has 0 radical (unpaired) electrons. The van der Waals surface area contributed by atoms with E-state index in [9.17, 15) is 54.1 Å². The van der Waals surface area contributed by atoms with Crippen LogP contribution >= 0.6 is 0 Å². The van der Waals surface area contributed by atoms with Gasteiger partial charge in [0.15, 0.2) is 0 Å². The fourth-order valence-corrected chi connectivity index (χ4v) is 6.42. The summed E-state index contributed by atoms with van der Waals surface area (Å²) in [5.74, 6) is -4.22. The first-order valence-corrected chi connectivity index (χ1v) is 24.4. The molecule has 0 bridgehead atoms. The van der Waals surface area contributed by atoms with Crippen LogP contribution in [0.15, 0.2) is 36.9 Å². The summed E-state index contributed by atoms with van der Waals surface area (Å²) in [7, 11) is 0. The summed E-state index contributed by atoms with van der Waals surface area (Å²) >= 11 is 0. The van der Waals surface area contributed by atoms with E-state index in [1.54, 1.807) is 10.9 Å². The average molecular weight is 1100 g/mol. The number of carboxylic acids is 3. The minimum absolute atomic E-state index is 0.0182. The summed E-state index contributed by atoms with van der Waals surface area (Å²) in [6.45, 7) is 5.60. The Morgan fingerprint density at radius 1 is 0.649 bits per heavy atom. The van der Waals surface area contributed by atoms with Crippen molar-refractivity contribution in [2.75, 3.05) is 111 Å². The Bertz CT molecular complexity index is 2280. The molecule has 0 unspecified atom stereocenters. The summed E-state index contributed by atoms with van der Waals surface area (Å²) in [5.41, 5.74) is 0.327. The van der Waals surface area contributed by atoms with Gasteiger partial charge >= 0.3 is 30.0 Å². The van der Waals surface area contributed by atoms with Gasteiger partial charge in [-0.2, -0.15) is 0 Å². The maximum Gasteiger partial charge on any atom is 0.419 e. The molecule has 7 N–H and O–H groups in total. The Morgan fingerprint density at radius 2 is 1.21 bits per heavy atom. The number of urea groups is 1. The number of nitrogens with zero attached hydrogens (tertiary/aromatic N) is 7. The number of hydrogen-bond donors (Lipinski definition) is 7. The van der Waals surface area contributed by atoms with E-state index in [2.05, 4.69) is 36.6 Å². The Morgan fingerprint density at radius 3 is 1.75 bits per heavy atom. The molecule has 3 rings (SSSR count). The van der Waals surface area contributed by atoms with Crippen molar-refractivity contribution in [1.29, 1.82) is 0 Å². The van der Waals surface area contributed by atoms with Crippen molar-refractivity contribution in [2.45, 2.75) is 76.5 Å². The van der Waals surface area contributed by atoms with Crippen LogP contribution < -0.4 is 21.3 Å². The van der Waals surface area contributed by atoms with Crippen molar-refractivity contribution in [3.63, 3.8) is 0 Å². The van der Waals surface area contributed by atoms with E-state index < -0.39 is 69.8 Å². The van der Waals surface area contributed by atoms with Gasteiger partial charge in [0.1, 0.15) is 36.4 Å². The highest BCUT2D eigenvalue weighted by atomic mass is 16.6. The molecule has 0 fully saturated rings. The molecule has 3 amide bonds. The second-order valence-corrected chi connectivity index (χ2v) is 16.2. The predicted octanol–water partition coefficient (Wildman–Crippen LogP) is 1.38. The lowest BCUT2D eigenvalue weighted by Crippen LogP contribution is -2.51. The molecule has 2 heterocycles. The van der Waals surface area contributed by atoms with Gasteiger partial charge in [-0.15, -0.1) is 5.10 Å². The first-order valence-electron chi connectivity index (χ1n) is 24.4. The lowest BCUT2D eigenvalue weighted by atomic mass is 10.1. The van der Waals surface area contributed by atoms with Gasteiger partial charge in [0.05, 0.1) is 120 Å². The summed E-state index contributed by atoms with van der Waals surface area (Å²) in [4.78, 5) is 95.2. The quantitative estimate of drug-likeness (QED) is 0.0239. The number of nitrogens with one attached hydrogen (secondary N) is 4. The van der Waals surface area contributed by atoms with E-state index in [1.807, 2.05) is 0 Å². The maximum atomic E-state index is 12.4. The van der Waals surface area contributed by atoms with Crippen LogP contribution in [0.5, 0.6) is 0 Å². The number of benzene rings is 1. The first-order chi connectivity index (χ1) is 37.1. The molecule has 77 heavy (non-hydrogen) atoms. The zero-order chi connectivity index (χ0) is 56.0. The lowest BCUT2D eigenvalue weighted by Gasteiger charge is -2.18. The minimum Gasteiger partial charge on any atom is -0.481 e. The molecule has 2 atom stereocenters. The standard InChI is InChI=1S/C45H67N11O21/c57-40(46-11-2-1-4-37(42(60)61)49-44(64)50-38(43(62)63)8-9-41(58)59)5-3-13-70-14-15-71-16-17-72-18-19-73-20-21-74-22-23-75-24-25-76-26-27-77-45(65)53-30-33(48-32-53)10-12-54-31-34(51-52-54)29-47-36-7-6-35(55(66)67)28-39(36)56(68)69/h6-7,28,30-32,37-38,47H,1-5,8-27,29H2,(H,46,57)(H,58,59)(H,60,61)(H,62,63)(H2,49,50,64)/t37-,38-/m0/s1. The molecule has 1 aromatic carbocycles. The van der Waals surface area contributed by atoms with E-state index in [-0.39, 0.29) is 57.2 Å². The normalized spacial score (nSPS) is 11.8. The molecule has 0 saturated carbocycles. The van der Waals surface area contributed by atoms with Crippen molar-refractivity contribution >= 4 is 53.0 Å². The van der Waals surface area contributed by atoms with E-state index in [0.717, 1.165) is 12.1 Å². The number of imidazole rings is 1. The number of unbranched alkanes of at least 4 members (excludes halogenated alkanes) is 1. The fraction of sp³-hybridized carbons (Fsp3) is 0.622. The second-order valence-electron chi connectivity index (χ2n) is 16.2. The zero-order valence-corrected chi connectivity index (χ0v) is 42.3. The number of amides is 3. The van der Waals surface area contributed by atoms with Crippen molar-refractivity contribution in [3.05, 3.63) is 68.5 Å². The number of carbonyl (C=O) groups is 6. The molecule has 428 valence electrons. The molecule has 32 heteroatoms. The number of hydrogen-bond acceptors (Lipinski definition) is 22. The third-order valence-electron chi connectivity index (χ3n) is 10.4. The molecule has 0 aliphatic carbocycles. The number of carboxylic acid groups (broad SMARTS) is 3. The Balaban J connectivity index is 1.03. The molecule has 32 nitrogen and oxygen atoms in total. The highest BCUT2D eigenvalue weighted by molar-refractivity contribution is 5.86. The summed E-state index contributed by atoms with van der Waals surface area (Å²) in [6.07, 6.45) is 4.92. The minimum atomic E-state index is -1.50. The van der Waals surface area contributed by atoms with Crippen molar-refractivity contribution < 1.29 is 91.8 Å². The number of rotatable bonds is 45. The van der Waals surface area contributed by atoms with Gasteiger partial charge < -0.3 is 74.5 Å². The van der Waals surface area contributed by atoms with Crippen LogP contribution in [-0.2, 0) is 76.6 Å². The van der Waals surface area contributed by atoms with Gasteiger partial charge in [-0.3, -0.25) is 34.5 Å². The highest BCUT2D eigenvalue weighted by Crippen LogP contribution is 2.29. The number of carbonyl (C=O) groups excluding carboxylic acids is 3. The molecule has 0 aliphatic heterocycles. The van der Waals surface area contributed by atoms with Gasteiger partial charge in [0.2, 0.25) is 5.91 Å². The van der Waals surface area contributed by atoms with Crippen LogP contribution in [0.25, 0.3) is 0 Å². The highest BCUT2D eigenvalue weighted by Gasteiger charge is 2.25. The number of non-ortho nitro benzene ring substituents is 1.